The van der Waals surface area contributed by atoms with Crippen molar-refractivity contribution in [1.29, 1.82) is 0 Å². The van der Waals surface area contributed by atoms with Gasteiger partial charge in [0.25, 0.3) is 15.9 Å². The Morgan fingerprint density at radius 3 is 2.71 bits per heavy atom. The third-order valence-electron chi connectivity index (χ3n) is 4.67. The van der Waals surface area contributed by atoms with Crippen LogP contribution in [0.4, 0.5) is 0 Å². The third-order valence-corrected chi connectivity index (χ3v) is 5.97. The van der Waals surface area contributed by atoms with Crippen LogP contribution in [0.5, 0.6) is 0 Å². The van der Waals surface area contributed by atoms with Gasteiger partial charge in [-0.2, -0.15) is 0 Å². The molecule has 0 unspecified atom stereocenters. The van der Waals surface area contributed by atoms with E-state index in [0.717, 1.165) is 26.1 Å². The van der Waals surface area contributed by atoms with Gasteiger partial charge in [0.1, 0.15) is 10.4 Å². The van der Waals surface area contributed by atoms with E-state index in [2.05, 4.69) is 20.0 Å². The Morgan fingerprint density at radius 1 is 1.21 bits per heavy atom. The fourth-order valence-corrected chi connectivity index (χ4v) is 4.06. The van der Waals surface area contributed by atoms with Crippen LogP contribution in [0.2, 0.25) is 0 Å². The van der Waals surface area contributed by atoms with Crippen molar-refractivity contribution in [3.8, 4) is 0 Å². The zero-order valence-electron chi connectivity index (χ0n) is 15.0. The lowest BCUT2D eigenvalue weighted by Crippen LogP contribution is -2.30. The van der Waals surface area contributed by atoms with Gasteiger partial charge in [-0.1, -0.05) is 23.4 Å². The smallest absolute Gasteiger partial charge is 0.265 e. The Bertz CT molecular complexity index is 1090. The maximum absolute atomic E-state index is 12.5. The summed E-state index contributed by atoms with van der Waals surface area (Å²) in [5.74, 6) is -0.280. The highest BCUT2D eigenvalue weighted by Crippen LogP contribution is 2.20. The number of rotatable bonds is 5. The molecular formula is C18H19N5O4S. The summed E-state index contributed by atoms with van der Waals surface area (Å²) < 4.78 is 34.2. The van der Waals surface area contributed by atoms with Crippen LogP contribution in [-0.2, 0) is 21.3 Å². The number of nitrogens with zero attached hydrogens (tertiary/aromatic N) is 4. The quantitative estimate of drug-likeness (QED) is 0.686. The first-order chi connectivity index (χ1) is 13.5. The minimum Gasteiger partial charge on any atom is -0.381 e. The van der Waals surface area contributed by atoms with Crippen molar-refractivity contribution >= 4 is 27.1 Å². The van der Waals surface area contributed by atoms with Crippen molar-refractivity contribution < 1.29 is 17.9 Å². The maximum Gasteiger partial charge on any atom is 0.265 e. The van der Waals surface area contributed by atoms with Crippen molar-refractivity contribution in [3.63, 3.8) is 0 Å². The fraction of sp³-hybridized carbons (Fsp3) is 0.333. The van der Waals surface area contributed by atoms with Crippen LogP contribution in [0, 0.1) is 5.92 Å². The first-order valence-electron chi connectivity index (χ1n) is 8.92. The summed E-state index contributed by atoms with van der Waals surface area (Å²) in [5.41, 5.74) is 1.13. The maximum atomic E-state index is 12.5. The number of sulfonamides is 1. The van der Waals surface area contributed by atoms with Crippen LogP contribution in [0.3, 0.4) is 0 Å². The highest BCUT2D eigenvalue weighted by Gasteiger charge is 2.22. The number of amides is 1. The van der Waals surface area contributed by atoms with Crippen molar-refractivity contribution in [2.75, 3.05) is 13.2 Å². The molecule has 1 saturated heterocycles. The molecule has 1 fully saturated rings. The van der Waals surface area contributed by atoms with Crippen LogP contribution < -0.4 is 4.72 Å². The van der Waals surface area contributed by atoms with Gasteiger partial charge in [0.2, 0.25) is 0 Å². The van der Waals surface area contributed by atoms with Crippen molar-refractivity contribution in [3.05, 3.63) is 48.2 Å². The average Bonchev–Trinajstić information content (AvgIpc) is 3.11. The highest BCUT2D eigenvalue weighted by atomic mass is 32.2. The minimum absolute atomic E-state index is 0.137. The number of ether oxygens (including phenoxy) is 1. The van der Waals surface area contributed by atoms with E-state index in [9.17, 15) is 13.2 Å². The van der Waals surface area contributed by atoms with Crippen LogP contribution in [0.1, 0.15) is 23.2 Å². The molecule has 28 heavy (non-hydrogen) atoms. The minimum atomic E-state index is -4.07. The Labute approximate surface area is 161 Å². The summed E-state index contributed by atoms with van der Waals surface area (Å²) in [7, 11) is -4.07. The summed E-state index contributed by atoms with van der Waals surface area (Å²) in [5, 5.41) is 8.14. The first-order valence-corrected chi connectivity index (χ1v) is 10.4. The van der Waals surface area contributed by atoms with E-state index in [1.54, 1.807) is 22.9 Å². The summed E-state index contributed by atoms with van der Waals surface area (Å²) in [6.07, 6.45) is 3.10. The number of nitrogens with one attached hydrogen (secondary N) is 1. The lowest BCUT2D eigenvalue weighted by atomic mass is 10.0. The van der Waals surface area contributed by atoms with E-state index < -0.39 is 15.9 Å². The molecule has 0 bridgehead atoms. The molecule has 0 saturated carbocycles. The monoisotopic (exact) mass is 401 g/mol. The van der Waals surface area contributed by atoms with Crippen LogP contribution >= 0.6 is 0 Å². The fourth-order valence-electron chi connectivity index (χ4n) is 3.12. The molecule has 0 spiro atoms. The zero-order valence-corrected chi connectivity index (χ0v) is 15.8. The summed E-state index contributed by atoms with van der Waals surface area (Å²) in [6, 6.07) is 9.50. The first kappa shape index (κ1) is 18.5. The second-order valence-corrected chi connectivity index (χ2v) is 8.32. The van der Waals surface area contributed by atoms with Crippen molar-refractivity contribution in [2.24, 2.45) is 5.92 Å². The number of pyridine rings is 1. The predicted octanol–water partition coefficient (Wildman–Crippen LogP) is 1.37. The molecule has 3 aromatic rings. The third kappa shape index (κ3) is 3.87. The van der Waals surface area contributed by atoms with Crippen LogP contribution in [-0.4, -0.2) is 47.5 Å². The lowest BCUT2D eigenvalue weighted by Gasteiger charge is -2.21. The molecule has 9 nitrogen and oxygen atoms in total. The molecule has 146 valence electrons. The number of carbonyl (C=O) groups is 1. The number of hydrogen-bond donors (Lipinski definition) is 1. The largest absolute Gasteiger partial charge is 0.381 e. The highest BCUT2D eigenvalue weighted by molar-refractivity contribution is 7.90. The molecule has 0 aliphatic carbocycles. The molecule has 2 aromatic heterocycles. The Kier molecular flexibility index (Phi) is 5.05. The Hall–Kier alpha value is -2.85. The van der Waals surface area contributed by atoms with Crippen LogP contribution in [0.15, 0.2) is 47.5 Å². The van der Waals surface area contributed by atoms with Crippen molar-refractivity contribution in [1.82, 2.24) is 24.7 Å². The topological polar surface area (TPSA) is 116 Å². The summed E-state index contributed by atoms with van der Waals surface area (Å²) in [4.78, 5) is 16.3. The Morgan fingerprint density at radius 2 is 1.96 bits per heavy atom. The molecule has 1 aliphatic rings. The van der Waals surface area contributed by atoms with Gasteiger partial charge in [0.15, 0.2) is 5.65 Å². The van der Waals surface area contributed by atoms with Gasteiger partial charge in [-0.15, -0.1) is 5.10 Å². The molecule has 0 atom stereocenters. The standard InChI is InChI=1S/C18H19N5O4S/c24-18(14-4-2-1-3-5-14)21-28(25,26)15-10-16-17(19-11-15)23(22-20-16)12-13-6-8-27-9-7-13/h1-5,10-11,13H,6-9,12H2,(H,21,24). The number of fused-ring (bicyclic) bond motifs is 1. The number of hydrogen-bond acceptors (Lipinski definition) is 7. The normalized spacial score (nSPS) is 15.6. The SMILES string of the molecule is O=C(NS(=O)(=O)c1cnc2c(c1)nnn2CC1CCOCC1)c1ccccc1. The van der Waals surface area contributed by atoms with Gasteiger partial charge >= 0.3 is 0 Å². The van der Waals surface area contributed by atoms with E-state index in [4.69, 9.17) is 4.74 Å². The molecule has 1 amide bonds. The molecule has 3 heterocycles. The van der Waals surface area contributed by atoms with Gasteiger partial charge < -0.3 is 4.74 Å². The predicted molar refractivity (Wildman–Crippen MR) is 100.0 cm³/mol. The van der Waals surface area contributed by atoms with E-state index in [1.165, 1.54) is 24.4 Å². The van der Waals surface area contributed by atoms with Crippen molar-refractivity contribution in [2.45, 2.75) is 24.3 Å². The second-order valence-electron chi connectivity index (χ2n) is 6.64. The molecule has 1 aliphatic heterocycles. The zero-order chi connectivity index (χ0) is 19.6. The summed E-state index contributed by atoms with van der Waals surface area (Å²) in [6.45, 7) is 2.12. The van der Waals surface area contributed by atoms with Gasteiger partial charge in [-0.05, 0) is 37.0 Å². The number of carbonyl (C=O) groups excluding carboxylic acids is 1. The molecular weight excluding hydrogens is 382 g/mol. The second kappa shape index (κ2) is 7.64. The van der Waals surface area contributed by atoms with E-state index in [1.807, 2.05) is 0 Å². The molecule has 4 rings (SSSR count). The van der Waals surface area contributed by atoms with E-state index in [0.29, 0.717) is 23.6 Å². The van der Waals surface area contributed by atoms with E-state index in [-0.39, 0.29) is 10.5 Å². The summed E-state index contributed by atoms with van der Waals surface area (Å²) >= 11 is 0. The molecule has 1 aromatic carbocycles. The number of benzene rings is 1. The number of aromatic nitrogens is 4. The average molecular weight is 401 g/mol. The molecule has 0 radical (unpaired) electrons. The Balaban J connectivity index is 1.54. The molecule has 10 heteroatoms. The van der Waals surface area contributed by atoms with Gasteiger partial charge in [0.05, 0.1) is 6.20 Å². The van der Waals surface area contributed by atoms with Crippen LogP contribution in [0.25, 0.3) is 11.2 Å². The van der Waals surface area contributed by atoms with Gasteiger partial charge in [-0.25, -0.2) is 22.8 Å². The van der Waals surface area contributed by atoms with Gasteiger partial charge in [0, 0.05) is 25.3 Å². The van der Waals surface area contributed by atoms with Gasteiger partial charge in [-0.3, -0.25) is 4.79 Å². The van der Waals surface area contributed by atoms with E-state index >= 15 is 0 Å². The molecule has 1 N–H and O–H groups in total. The lowest BCUT2D eigenvalue weighted by molar-refractivity contribution is 0.0603.